The Morgan fingerprint density at radius 2 is 2.21 bits per heavy atom. The van der Waals surface area contributed by atoms with Crippen LogP contribution in [0, 0.1) is 6.92 Å². The number of allylic oxidation sites excluding steroid dienone is 6. The number of aromatic nitrogens is 2. The van der Waals surface area contributed by atoms with Crippen molar-refractivity contribution in [2.24, 2.45) is 0 Å². The standard InChI is InChI=1S/C22H23Cl2N3O2/c1-3-10-27(14-28)11-9-16-15(2)25-12-18(16)22-19(13-26-29-22)17-7-5-4-6-8-20(23)21(17)24/h5-9,11-14,17,25H,3-4,10H2,1-2H3/b7-5?,8-6-,11-9-,21-20-. The van der Waals surface area contributed by atoms with Crippen molar-refractivity contribution in [3.8, 4) is 11.3 Å². The highest BCUT2D eigenvalue weighted by atomic mass is 35.5. The Hall–Kier alpha value is -2.50. The monoisotopic (exact) mass is 431 g/mol. The summed E-state index contributed by atoms with van der Waals surface area (Å²) in [4.78, 5) is 16.1. The maximum atomic E-state index is 11.2. The second-order valence-corrected chi connectivity index (χ2v) is 7.56. The van der Waals surface area contributed by atoms with Crippen LogP contribution in [0.3, 0.4) is 0 Å². The first-order valence-corrected chi connectivity index (χ1v) is 10.2. The van der Waals surface area contributed by atoms with Crippen LogP contribution in [0.5, 0.6) is 0 Å². The first-order chi connectivity index (χ1) is 14.1. The summed E-state index contributed by atoms with van der Waals surface area (Å²) in [6.07, 6.45) is 17.5. The molecular formula is C22H23Cl2N3O2. The number of rotatable bonds is 7. The van der Waals surface area contributed by atoms with Gasteiger partial charge in [-0.15, -0.1) is 0 Å². The van der Waals surface area contributed by atoms with E-state index in [2.05, 4.69) is 10.1 Å². The van der Waals surface area contributed by atoms with Gasteiger partial charge in [0.25, 0.3) is 0 Å². The molecule has 1 N–H and O–H groups in total. The predicted molar refractivity (Wildman–Crippen MR) is 117 cm³/mol. The highest BCUT2D eigenvalue weighted by Crippen LogP contribution is 2.40. The van der Waals surface area contributed by atoms with Crippen molar-refractivity contribution < 1.29 is 9.32 Å². The molecule has 2 heterocycles. The summed E-state index contributed by atoms with van der Waals surface area (Å²) in [6, 6.07) is 0. The molecule has 3 rings (SSSR count). The summed E-state index contributed by atoms with van der Waals surface area (Å²) in [6.45, 7) is 4.65. The van der Waals surface area contributed by atoms with Crippen LogP contribution in [0.25, 0.3) is 17.4 Å². The largest absolute Gasteiger partial charge is 0.364 e. The van der Waals surface area contributed by atoms with E-state index in [-0.39, 0.29) is 5.92 Å². The van der Waals surface area contributed by atoms with Crippen molar-refractivity contribution in [3.05, 3.63) is 69.8 Å². The van der Waals surface area contributed by atoms with Crippen molar-refractivity contribution >= 4 is 35.7 Å². The van der Waals surface area contributed by atoms with E-state index in [0.717, 1.165) is 41.6 Å². The van der Waals surface area contributed by atoms with Crippen LogP contribution >= 0.6 is 23.2 Å². The van der Waals surface area contributed by atoms with Crippen LogP contribution in [-0.4, -0.2) is 28.0 Å². The van der Waals surface area contributed by atoms with E-state index < -0.39 is 0 Å². The number of hydrogen-bond acceptors (Lipinski definition) is 3. The van der Waals surface area contributed by atoms with Crippen LogP contribution < -0.4 is 0 Å². The minimum atomic E-state index is -0.256. The summed E-state index contributed by atoms with van der Waals surface area (Å²) in [5.74, 6) is 0.359. The van der Waals surface area contributed by atoms with Gasteiger partial charge in [0.1, 0.15) is 0 Å². The van der Waals surface area contributed by atoms with Gasteiger partial charge in [0.15, 0.2) is 5.76 Å². The zero-order valence-electron chi connectivity index (χ0n) is 16.4. The molecule has 2 aromatic rings. The number of nitrogens with zero attached hydrogens (tertiary/aromatic N) is 2. The first kappa shape index (κ1) is 21.2. The van der Waals surface area contributed by atoms with Gasteiger partial charge in [-0.1, -0.05) is 53.5 Å². The zero-order chi connectivity index (χ0) is 20.8. The second kappa shape index (κ2) is 9.81. The summed E-state index contributed by atoms with van der Waals surface area (Å²) in [5.41, 5.74) is 3.55. The van der Waals surface area contributed by atoms with Gasteiger partial charge >= 0.3 is 0 Å². The molecule has 2 aromatic heterocycles. The molecule has 1 amide bonds. The fourth-order valence-electron chi connectivity index (χ4n) is 3.22. The molecule has 1 aliphatic carbocycles. The van der Waals surface area contributed by atoms with Crippen LogP contribution in [-0.2, 0) is 4.79 Å². The summed E-state index contributed by atoms with van der Waals surface area (Å²) in [5, 5.41) is 5.04. The Kier molecular flexibility index (Phi) is 7.18. The molecule has 7 heteroatoms. The van der Waals surface area contributed by atoms with Gasteiger partial charge < -0.3 is 14.4 Å². The summed E-state index contributed by atoms with van der Waals surface area (Å²) in [7, 11) is 0. The second-order valence-electron chi connectivity index (χ2n) is 6.75. The molecule has 0 fully saturated rings. The molecule has 1 unspecified atom stereocenters. The highest BCUT2D eigenvalue weighted by molar-refractivity contribution is 6.40. The molecular weight excluding hydrogens is 409 g/mol. The summed E-state index contributed by atoms with van der Waals surface area (Å²) < 4.78 is 5.63. The number of carbonyl (C=O) groups excluding carboxylic acids is 1. The van der Waals surface area contributed by atoms with Gasteiger partial charge in [-0.3, -0.25) is 4.79 Å². The minimum absolute atomic E-state index is 0.256. The number of aromatic amines is 1. The van der Waals surface area contributed by atoms with Crippen molar-refractivity contribution in [1.82, 2.24) is 15.0 Å². The van der Waals surface area contributed by atoms with Gasteiger partial charge in [-0.05, 0) is 31.9 Å². The molecule has 0 radical (unpaired) electrons. The van der Waals surface area contributed by atoms with Crippen LogP contribution in [0.2, 0.25) is 0 Å². The number of halogens is 2. The first-order valence-electron chi connectivity index (χ1n) is 9.47. The van der Waals surface area contributed by atoms with E-state index in [1.807, 2.05) is 50.4 Å². The minimum Gasteiger partial charge on any atom is -0.364 e. The molecule has 0 aromatic carbocycles. The van der Waals surface area contributed by atoms with E-state index in [0.29, 0.717) is 22.4 Å². The lowest BCUT2D eigenvalue weighted by molar-refractivity contribution is -0.115. The third-order valence-electron chi connectivity index (χ3n) is 4.72. The van der Waals surface area contributed by atoms with Gasteiger partial charge in [0, 0.05) is 52.3 Å². The van der Waals surface area contributed by atoms with Gasteiger partial charge in [-0.2, -0.15) is 0 Å². The van der Waals surface area contributed by atoms with Gasteiger partial charge in [0.2, 0.25) is 6.41 Å². The van der Waals surface area contributed by atoms with Crippen molar-refractivity contribution in [2.45, 2.75) is 32.6 Å². The average molecular weight is 432 g/mol. The Bertz CT molecular complexity index is 982. The van der Waals surface area contributed by atoms with E-state index in [9.17, 15) is 4.79 Å². The Balaban J connectivity index is 2.03. The highest BCUT2D eigenvalue weighted by Gasteiger charge is 2.25. The Morgan fingerprint density at radius 3 is 2.97 bits per heavy atom. The SMILES string of the molecule is CCCN(C=O)/C=C\c1c(-c2oncc2C2C=CC/C=C\C(Cl)=C/2Cl)c[nH]c1C. The number of amides is 1. The van der Waals surface area contributed by atoms with E-state index in [4.69, 9.17) is 27.7 Å². The number of nitrogens with one attached hydrogen (secondary N) is 1. The van der Waals surface area contributed by atoms with E-state index >= 15 is 0 Å². The fourth-order valence-corrected chi connectivity index (χ4v) is 3.68. The number of H-pyrrole nitrogens is 1. The predicted octanol–water partition coefficient (Wildman–Crippen LogP) is 6.11. The number of aryl methyl sites for hydroxylation is 1. The van der Waals surface area contributed by atoms with Crippen molar-refractivity contribution in [3.63, 3.8) is 0 Å². The van der Waals surface area contributed by atoms with Crippen molar-refractivity contribution in [2.75, 3.05) is 6.54 Å². The van der Waals surface area contributed by atoms with Crippen LogP contribution in [0.15, 0.2) is 57.5 Å². The third-order valence-corrected chi connectivity index (χ3v) is 5.59. The molecule has 0 bridgehead atoms. The molecule has 1 atom stereocenters. The van der Waals surface area contributed by atoms with Gasteiger partial charge in [-0.25, -0.2) is 0 Å². The Labute approximate surface area is 180 Å². The van der Waals surface area contributed by atoms with E-state index in [1.165, 1.54) is 0 Å². The van der Waals surface area contributed by atoms with Gasteiger partial charge in [0.05, 0.1) is 11.2 Å². The van der Waals surface area contributed by atoms with Crippen molar-refractivity contribution in [1.29, 1.82) is 0 Å². The lowest BCUT2D eigenvalue weighted by atomic mass is 9.94. The lowest BCUT2D eigenvalue weighted by Gasteiger charge is -2.14. The van der Waals surface area contributed by atoms with Crippen LogP contribution in [0.4, 0.5) is 0 Å². The molecule has 1 aliphatic rings. The molecule has 5 nitrogen and oxygen atoms in total. The van der Waals surface area contributed by atoms with Crippen LogP contribution in [0.1, 0.15) is 42.5 Å². The number of carbonyl (C=O) groups is 1. The Morgan fingerprint density at radius 1 is 1.38 bits per heavy atom. The average Bonchev–Trinajstić information content (AvgIpc) is 3.32. The maximum absolute atomic E-state index is 11.2. The summed E-state index contributed by atoms with van der Waals surface area (Å²) >= 11 is 12.9. The zero-order valence-corrected chi connectivity index (χ0v) is 17.9. The topological polar surface area (TPSA) is 62.1 Å². The number of hydrogen-bond donors (Lipinski definition) is 1. The smallest absolute Gasteiger partial charge is 0.213 e. The molecule has 0 saturated carbocycles. The molecule has 152 valence electrons. The molecule has 0 saturated heterocycles. The fraction of sp³-hybridized carbons (Fsp3) is 0.273. The lowest BCUT2D eigenvalue weighted by Crippen LogP contribution is -2.15. The maximum Gasteiger partial charge on any atom is 0.213 e. The molecule has 0 aliphatic heterocycles. The third kappa shape index (κ3) is 4.74. The van der Waals surface area contributed by atoms with E-state index in [1.54, 1.807) is 17.3 Å². The molecule has 29 heavy (non-hydrogen) atoms. The quantitative estimate of drug-likeness (QED) is 0.424. The normalized spacial score (nSPS) is 20.6. The molecule has 0 spiro atoms.